The van der Waals surface area contributed by atoms with Crippen molar-refractivity contribution in [2.45, 2.75) is 58.6 Å². The molecule has 2 aliphatic rings. The Bertz CT molecular complexity index is 1760. The third kappa shape index (κ3) is 7.15. The molecule has 2 N–H and O–H groups in total. The first-order valence-electron chi connectivity index (χ1n) is 14.2. The third-order valence-corrected chi connectivity index (χ3v) is 11.2. The largest absolute Gasteiger partial charge is 0.417 e. The Kier molecular flexibility index (Phi) is 9.23. The van der Waals surface area contributed by atoms with E-state index in [1.54, 1.807) is 30.3 Å². The molecule has 2 fully saturated rings. The average molecular weight is 665 g/mol. The third-order valence-electron chi connectivity index (χ3n) is 7.86. The van der Waals surface area contributed by atoms with Crippen molar-refractivity contribution in [2.24, 2.45) is 0 Å². The molecule has 3 aromatic rings. The number of nitrogens with zero attached hydrogens (tertiary/aromatic N) is 2. The zero-order valence-electron chi connectivity index (χ0n) is 23.9. The highest BCUT2D eigenvalue weighted by molar-refractivity contribution is 7.91. The van der Waals surface area contributed by atoms with Gasteiger partial charge in [-0.2, -0.15) is 13.2 Å². The molecule has 0 radical (unpaired) electrons. The van der Waals surface area contributed by atoms with Crippen molar-refractivity contribution in [1.29, 1.82) is 0 Å². The molecular formula is C30H31F3N4O6S2. The summed E-state index contributed by atoms with van der Waals surface area (Å²) in [5, 5.41) is 2.78. The lowest BCUT2D eigenvalue weighted by molar-refractivity contribution is -0.140. The highest BCUT2D eigenvalue weighted by Gasteiger charge is 2.41. The molecule has 1 unspecified atom stereocenters. The standard InChI is InChI=1S/C30H31F3N4O6S2/c31-30(32,33)25-14-13-24(44(40,41)23-10-5-2-6-11-23)20-27(25)45(42,43)35-22-15-18-36(19-16-22)28(38)26-12-7-17-37(26)29(39)34-21-8-3-1-4-9-21/h1-6,8-11,13-14,20,22,26,35H,7,12,15-19H2,(H,34,39). The lowest BCUT2D eigenvalue weighted by Gasteiger charge is -2.35. The molecule has 0 saturated carbocycles. The number of halogens is 3. The fourth-order valence-corrected chi connectivity index (χ4v) is 8.50. The van der Waals surface area contributed by atoms with Gasteiger partial charge in [-0.1, -0.05) is 36.4 Å². The number of rotatable bonds is 7. The van der Waals surface area contributed by atoms with E-state index in [0.717, 1.165) is 6.07 Å². The average Bonchev–Trinajstić information content (AvgIpc) is 3.52. The molecule has 1 atom stereocenters. The van der Waals surface area contributed by atoms with Crippen LogP contribution in [-0.4, -0.2) is 70.3 Å². The predicted molar refractivity (Wildman–Crippen MR) is 158 cm³/mol. The second-order valence-corrected chi connectivity index (χ2v) is 14.5. The maximum Gasteiger partial charge on any atom is 0.417 e. The van der Waals surface area contributed by atoms with Gasteiger partial charge in [-0.05, 0) is 68.1 Å². The van der Waals surface area contributed by atoms with Gasteiger partial charge in [0.15, 0.2) is 0 Å². The minimum absolute atomic E-state index is 0.108. The van der Waals surface area contributed by atoms with Crippen LogP contribution in [0.4, 0.5) is 23.7 Å². The second kappa shape index (κ2) is 12.8. The fourth-order valence-electron chi connectivity index (χ4n) is 5.56. The van der Waals surface area contributed by atoms with Crippen molar-refractivity contribution in [1.82, 2.24) is 14.5 Å². The van der Waals surface area contributed by atoms with Gasteiger partial charge in [-0.3, -0.25) is 4.79 Å². The van der Waals surface area contributed by atoms with Crippen molar-refractivity contribution in [3.8, 4) is 0 Å². The van der Waals surface area contributed by atoms with Crippen LogP contribution in [0, 0.1) is 0 Å². The molecule has 2 heterocycles. The number of anilines is 1. The van der Waals surface area contributed by atoms with Gasteiger partial charge in [0.1, 0.15) is 6.04 Å². The van der Waals surface area contributed by atoms with Crippen molar-refractivity contribution in [3.05, 3.63) is 84.4 Å². The number of hydrogen-bond acceptors (Lipinski definition) is 6. The van der Waals surface area contributed by atoms with Crippen LogP contribution >= 0.6 is 0 Å². The summed E-state index contributed by atoms with van der Waals surface area (Å²) in [7, 11) is -9.15. The van der Waals surface area contributed by atoms with Gasteiger partial charge in [0, 0.05) is 31.4 Å². The van der Waals surface area contributed by atoms with Gasteiger partial charge in [0.25, 0.3) is 0 Å². The Morgan fingerprint density at radius 3 is 2.02 bits per heavy atom. The number of amides is 3. The summed E-state index contributed by atoms with van der Waals surface area (Å²) >= 11 is 0. The topological polar surface area (TPSA) is 133 Å². The molecule has 15 heteroatoms. The number of urea groups is 1. The quantitative estimate of drug-likeness (QED) is 0.382. The van der Waals surface area contributed by atoms with Crippen LogP contribution in [0.1, 0.15) is 31.2 Å². The summed E-state index contributed by atoms with van der Waals surface area (Å²) in [4.78, 5) is 27.2. The summed E-state index contributed by atoms with van der Waals surface area (Å²) < 4.78 is 96.8. The van der Waals surface area contributed by atoms with Crippen molar-refractivity contribution >= 4 is 37.5 Å². The molecule has 5 rings (SSSR count). The van der Waals surface area contributed by atoms with E-state index < -0.39 is 59.5 Å². The first kappa shape index (κ1) is 32.4. The zero-order chi connectivity index (χ0) is 32.4. The van der Waals surface area contributed by atoms with Gasteiger partial charge in [0.2, 0.25) is 25.8 Å². The number of carbonyl (C=O) groups is 2. The lowest BCUT2D eigenvalue weighted by Crippen LogP contribution is -2.53. The molecule has 0 aromatic heterocycles. The minimum Gasteiger partial charge on any atom is -0.341 e. The van der Waals surface area contributed by atoms with Gasteiger partial charge in [-0.25, -0.2) is 26.4 Å². The molecule has 2 saturated heterocycles. The number of likely N-dealkylation sites (tertiary alicyclic amines) is 2. The van der Waals surface area contributed by atoms with Crippen LogP contribution in [0.5, 0.6) is 0 Å². The molecular weight excluding hydrogens is 633 g/mol. The van der Waals surface area contributed by atoms with Crippen LogP contribution in [0.25, 0.3) is 0 Å². The van der Waals surface area contributed by atoms with Gasteiger partial charge in [-0.15, -0.1) is 0 Å². The second-order valence-electron chi connectivity index (χ2n) is 10.8. The predicted octanol–water partition coefficient (Wildman–Crippen LogP) is 4.50. The summed E-state index contributed by atoms with van der Waals surface area (Å²) in [5.41, 5.74) is -0.907. The van der Waals surface area contributed by atoms with E-state index in [0.29, 0.717) is 37.2 Å². The maximum atomic E-state index is 13.9. The normalized spacial score (nSPS) is 18.2. The van der Waals surface area contributed by atoms with Crippen LogP contribution in [0.3, 0.4) is 0 Å². The summed E-state index contributed by atoms with van der Waals surface area (Å²) in [6.07, 6.45) is -3.76. The zero-order valence-corrected chi connectivity index (χ0v) is 25.5. The lowest BCUT2D eigenvalue weighted by atomic mass is 10.0. The fraction of sp³-hybridized carbons (Fsp3) is 0.333. The highest BCUT2D eigenvalue weighted by Crippen LogP contribution is 2.36. The Balaban J connectivity index is 1.28. The molecule has 0 aliphatic carbocycles. The van der Waals surface area contributed by atoms with E-state index in [4.69, 9.17) is 0 Å². The monoisotopic (exact) mass is 664 g/mol. The Hall–Kier alpha value is -3.95. The molecule has 10 nitrogen and oxygen atoms in total. The number of sulfone groups is 1. The number of piperidine rings is 1. The van der Waals surface area contributed by atoms with E-state index in [1.807, 2.05) is 6.07 Å². The van der Waals surface area contributed by atoms with Gasteiger partial charge < -0.3 is 15.1 Å². The Morgan fingerprint density at radius 1 is 0.778 bits per heavy atom. The van der Waals surface area contributed by atoms with Crippen molar-refractivity contribution in [3.63, 3.8) is 0 Å². The van der Waals surface area contributed by atoms with Crippen molar-refractivity contribution in [2.75, 3.05) is 25.0 Å². The Morgan fingerprint density at radius 2 is 1.40 bits per heavy atom. The number of sulfonamides is 1. The highest BCUT2D eigenvalue weighted by atomic mass is 32.2. The molecule has 3 amide bonds. The van der Waals surface area contributed by atoms with Crippen molar-refractivity contribution < 1.29 is 39.6 Å². The first-order chi connectivity index (χ1) is 21.3. The van der Waals surface area contributed by atoms with E-state index in [2.05, 4.69) is 10.0 Å². The molecule has 0 bridgehead atoms. The summed E-state index contributed by atoms with van der Waals surface area (Å²) in [6.45, 7) is 0.627. The number of carbonyl (C=O) groups excluding carboxylic acids is 2. The molecule has 240 valence electrons. The number of alkyl halides is 3. The van der Waals surface area contributed by atoms with E-state index >= 15 is 0 Å². The maximum absolute atomic E-state index is 13.9. The van der Waals surface area contributed by atoms with Crippen LogP contribution in [0.15, 0.2) is 93.5 Å². The summed E-state index contributed by atoms with van der Waals surface area (Å²) in [5.74, 6) is -0.282. The van der Waals surface area contributed by atoms with E-state index in [-0.39, 0.29) is 36.7 Å². The van der Waals surface area contributed by atoms with Gasteiger partial charge in [0.05, 0.1) is 20.2 Å². The number of nitrogens with one attached hydrogen (secondary N) is 2. The van der Waals surface area contributed by atoms with Gasteiger partial charge >= 0.3 is 12.2 Å². The molecule has 0 spiro atoms. The number of benzene rings is 3. The van der Waals surface area contributed by atoms with Crippen LogP contribution in [-0.2, 0) is 30.8 Å². The van der Waals surface area contributed by atoms with Crippen LogP contribution in [0.2, 0.25) is 0 Å². The molecule has 45 heavy (non-hydrogen) atoms. The minimum atomic E-state index is -5.07. The van der Waals surface area contributed by atoms with E-state index in [9.17, 15) is 39.6 Å². The van der Waals surface area contributed by atoms with Crippen LogP contribution < -0.4 is 10.0 Å². The Labute approximate surface area is 259 Å². The molecule has 3 aromatic carbocycles. The molecule has 2 aliphatic heterocycles. The number of hydrogen-bond donors (Lipinski definition) is 2. The smallest absolute Gasteiger partial charge is 0.341 e. The van der Waals surface area contributed by atoms with E-state index in [1.165, 1.54) is 34.1 Å². The summed E-state index contributed by atoms with van der Waals surface area (Å²) in [6, 6.07) is 15.6. The number of para-hydroxylation sites is 1. The SMILES string of the molecule is O=C(C1CCCN1C(=O)Nc1ccccc1)N1CCC(NS(=O)(=O)c2cc(S(=O)(=O)c3ccccc3)ccc2C(F)(F)F)CC1. The first-order valence-corrected chi connectivity index (χ1v) is 17.2.